The van der Waals surface area contributed by atoms with E-state index in [4.69, 9.17) is 5.14 Å². The number of hydrogen-bond donors (Lipinski definition) is 3. The molecule has 1 aromatic rings. The summed E-state index contributed by atoms with van der Waals surface area (Å²) in [5.74, 6) is 1.45. The molecule has 0 aliphatic rings. The van der Waals surface area contributed by atoms with Gasteiger partial charge in [-0.25, -0.2) is 13.6 Å². The van der Waals surface area contributed by atoms with Gasteiger partial charge in [0.05, 0.1) is 4.90 Å². The Balaban J connectivity index is 0.00000529. The first-order valence-electron chi connectivity index (χ1n) is 7.97. The standard InChI is InChI=1S/C16H28N4O2S.HI/c1-4-18-16(19-11-9-13(2)3)20-12-10-14-5-7-15(8-6-14)23(17,21)22;/h5-8,13H,4,9-12H2,1-3H3,(H2,17,21,22)(H2,18,19,20);1H. The van der Waals surface area contributed by atoms with E-state index in [2.05, 4.69) is 29.5 Å². The van der Waals surface area contributed by atoms with Gasteiger partial charge >= 0.3 is 0 Å². The van der Waals surface area contributed by atoms with Gasteiger partial charge in [0.1, 0.15) is 0 Å². The Kier molecular flexibility index (Phi) is 11.2. The van der Waals surface area contributed by atoms with Gasteiger partial charge in [0.25, 0.3) is 0 Å². The summed E-state index contributed by atoms with van der Waals surface area (Å²) in [5, 5.41) is 11.6. The molecule has 138 valence electrons. The van der Waals surface area contributed by atoms with Crippen molar-refractivity contribution in [1.82, 2.24) is 10.6 Å². The average molecular weight is 468 g/mol. The molecule has 0 spiro atoms. The summed E-state index contributed by atoms with van der Waals surface area (Å²) in [6, 6.07) is 6.63. The Labute approximate surface area is 162 Å². The first kappa shape index (κ1) is 23.1. The lowest BCUT2D eigenvalue weighted by Gasteiger charge is -2.12. The number of hydrogen-bond acceptors (Lipinski definition) is 3. The van der Waals surface area contributed by atoms with Crippen LogP contribution in [0.5, 0.6) is 0 Å². The molecule has 0 atom stereocenters. The topological polar surface area (TPSA) is 96.6 Å². The van der Waals surface area contributed by atoms with E-state index >= 15 is 0 Å². The zero-order chi connectivity index (χ0) is 17.3. The summed E-state index contributed by atoms with van der Waals surface area (Å²) >= 11 is 0. The van der Waals surface area contributed by atoms with Crippen molar-refractivity contribution in [1.29, 1.82) is 0 Å². The third kappa shape index (κ3) is 9.43. The van der Waals surface area contributed by atoms with E-state index in [0.717, 1.165) is 44.0 Å². The molecule has 1 aromatic carbocycles. The van der Waals surface area contributed by atoms with Crippen molar-refractivity contribution in [2.24, 2.45) is 16.0 Å². The number of rotatable bonds is 8. The van der Waals surface area contributed by atoms with Crippen molar-refractivity contribution in [3.8, 4) is 0 Å². The van der Waals surface area contributed by atoms with Crippen molar-refractivity contribution in [3.05, 3.63) is 29.8 Å². The van der Waals surface area contributed by atoms with Crippen molar-refractivity contribution in [3.63, 3.8) is 0 Å². The summed E-state index contributed by atoms with van der Waals surface area (Å²) in [7, 11) is -3.62. The third-order valence-electron chi connectivity index (χ3n) is 3.28. The molecule has 0 bridgehead atoms. The molecule has 0 unspecified atom stereocenters. The first-order valence-corrected chi connectivity index (χ1v) is 9.51. The summed E-state index contributed by atoms with van der Waals surface area (Å²) in [6.45, 7) is 8.74. The normalized spacial score (nSPS) is 12.0. The van der Waals surface area contributed by atoms with Crippen LogP contribution in [0.15, 0.2) is 34.2 Å². The molecular formula is C16H29IN4O2S. The van der Waals surface area contributed by atoms with Crippen LogP contribution >= 0.6 is 24.0 Å². The van der Waals surface area contributed by atoms with E-state index in [0.29, 0.717) is 5.92 Å². The molecule has 8 heteroatoms. The van der Waals surface area contributed by atoms with Crippen molar-refractivity contribution >= 4 is 40.0 Å². The van der Waals surface area contributed by atoms with Gasteiger partial charge < -0.3 is 10.6 Å². The quantitative estimate of drug-likeness (QED) is 0.309. The number of nitrogens with two attached hydrogens (primary N) is 1. The molecule has 0 amide bonds. The summed E-state index contributed by atoms with van der Waals surface area (Å²) in [4.78, 5) is 4.67. The van der Waals surface area contributed by atoms with Crippen molar-refractivity contribution in [2.45, 2.75) is 38.5 Å². The van der Waals surface area contributed by atoms with Crippen molar-refractivity contribution < 1.29 is 8.42 Å². The lowest BCUT2D eigenvalue weighted by molar-refractivity contribution is 0.594. The van der Waals surface area contributed by atoms with Crippen LogP contribution in [0.4, 0.5) is 0 Å². The second-order valence-corrected chi connectivity index (χ2v) is 7.37. The van der Waals surface area contributed by atoms with Gasteiger partial charge in [0.2, 0.25) is 10.0 Å². The van der Waals surface area contributed by atoms with Gasteiger partial charge in [-0.3, -0.25) is 4.99 Å². The highest BCUT2D eigenvalue weighted by Gasteiger charge is 2.06. The Morgan fingerprint density at radius 3 is 2.33 bits per heavy atom. The zero-order valence-electron chi connectivity index (χ0n) is 14.6. The molecular weight excluding hydrogens is 439 g/mol. The zero-order valence-corrected chi connectivity index (χ0v) is 17.7. The molecule has 0 aromatic heterocycles. The fourth-order valence-corrected chi connectivity index (χ4v) is 2.46. The van der Waals surface area contributed by atoms with E-state index in [-0.39, 0.29) is 28.9 Å². The van der Waals surface area contributed by atoms with Crippen LogP contribution in [0.25, 0.3) is 0 Å². The highest BCUT2D eigenvalue weighted by Crippen LogP contribution is 2.08. The maximum absolute atomic E-state index is 11.2. The van der Waals surface area contributed by atoms with E-state index < -0.39 is 10.0 Å². The van der Waals surface area contributed by atoms with Crippen LogP contribution in [0, 0.1) is 5.92 Å². The summed E-state index contributed by atoms with van der Waals surface area (Å²) < 4.78 is 22.4. The van der Waals surface area contributed by atoms with E-state index in [1.54, 1.807) is 12.1 Å². The minimum absolute atomic E-state index is 0. The fraction of sp³-hybridized carbons (Fsp3) is 0.562. The molecule has 6 nitrogen and oxygen atoms in total. The van der Waals surface area contributed by atoms with Crippen LogP contribution in [0.3, 0.4) is 0 Å². The van der Waals surface area contributed by atoms with E-state index in [1.165, 1.54) is 12.1 Å². The number of halogens is 1. The number of primary sulfonamides is 1. The largest absolute Gasteiger partial charge is 0.357 e. The molecule has 0 radical (unpaired) electrons. The highest BCUT2D eigenvalue weighted by atomic mass is 127. The Morgan fingerprint density at radius 2 is 1.83 bits per heavy atom. The van der Waals surface area contributed by atoms with Crippen LogP contribution < -0.4 is 15.8 Å². The smallest absolute Gasteiger partial charge is 0.238 e. The van der Waals surface area contributed by atoms with Crippen molar-refractivity contribution in [2.75, 3.05) is 19.6 Å². The Hall–Kier alpha value is -0.870. The molecule has 4 N–H and O–H groups in total. The summed E-state index contributed by atoms with van der Waals surface area (Å²) in [5.41, 5.74) is 1.04. The molecule has 0 aliphatic carbocycles. The lowest BCUT2D eigenvalue weighted by Crippen LogP contribution is -2.38. The van der Waals surface area contributed by atoms with Crippen LogP contribution in [-0.4, -0.2) is 34.0 Å². The van der Waals surface area contributed by atoms with E-state index in [1.807, 2.05) is 6.92 Å². The molecule has 0 saturated heterocycles. The number of nitrogens with zero attached hydrogens (tertiary/aromatic N) is 1. The minimum atomic E-state index is -3.62. The number of benzene rings is 1. The molecule has 1 rings (SSSR count). The first-order chi connectivity index (χ1) is 10.8. The predicted octanol–water partition coefficient (Wildman–Crippen LogP) is 2.10. The molecule has 0 aliphatic heterocycles. The van der Waals surface area contributed by atoms with E-state index in [9.17, 15) is 8.42 Å². The molecule has 0 fully saturated rings. The maximum atomic E-state index is 11.2. The molecule has 24 heavy (non-hydrogen) atoms. The van der Waals surface area contributed by atoms with Gasteiger partial charge in [-0.1, -0.05) is 26.0 Å². The third-order valence-corrected chi connectivity index (χ3v) is 4.21. The predicted molar refractivity (Wildman–Crippen MR) is 110 cm³/mol. The SMILES string of the molecule is CCNC(=NCCC(C)C)NCCc1ccc(S(N)(=O)=O)cc1.I. The van der Waals surface area contributed by atoms with Crippen LogP contribution in [0.2, 0.25) is 0 Å². The van der Waals surface area contributed by atoms with Gasteiger partial charge in [-0.2, -0.15) is 0 Å². The number of nitrogens with one attached hydrogen (secondary N) is 2. The second-order valence-electron chi connectivity index (χ2n) is 5.81. The monoisotopic (exact) mass is 468 g/mol. The van der Waals surface area contributed by atoms with Crippen LogP contribution in [-0.2, 0) is 16.4 Å². The fourth-order valence-electron chi connectivity index (χ4n) is 1.95. The van der Waals surface area contributed by atoms with Gasteiger partial charge in [-0.05, 0) is 43.4 Å². The number of guanidine groups is 1. The highest BCUT2D eigenvalue weighted by molar-refractivity contribution is 14.0. The van der Waals surface area contributed by atoms with Crippen LogP contribution in [0.1, 0.15) is 32.8 Å². The molecule has 0 heterocycles. The lowest BCUT2D eigenvalue weighted by atomic mass is 10.1. The summed E-state index contributed by atoms with van der Waals surface area (Å²) in [6.07, 6.45) is 1.84. The van der Waals surface area contributed by atoms with Gasteiger partial charge in [0.15, 0.2) is 5.96 Å². The Bertz CT molecular complexity index is 601. The minimum Gasteiger partial charge on any atom is -0.357 e. The number of aliphatic imine (C=N–C) groups is 1. The average Bonchev–Trinajstić information content (AvgIpc) is 2.46. The Morgan fingerprint density at radius 1 is 1.21 bits per heavy atom. The second kappa shape index (κ2) is 11.6. The van der Waals surface area contributed by atoms with Gasteiger partial charge in [0, 0.05) is 19.6 Å². The molecule has 0 saturated carbocycles. The number of sulfonamides is 1. The maximum Gasteiger partial charge on any atom is 0.238 e. The van der Waals surface area contributed by atoms with Gasteiger partial charge in [-0.15, -0.1) is 24.0 Å².